The largest absolute Gasteiger partial charge is 0.478 e. The van der Waals surface area contributed by atoms with Crippen LogP contribution in [0.25, 0.3) is 10.9 Å². The summed E-state index contributed by atoms with van der Waals surface area (Å²) in [6.07, 6.45) is 4.53. The van der Waals surface area contributed by atoms with Crippen molar-refractivity contribution < 1.29 is 9.90 Å². The molecule has 0 saturated carbocycles. The minimum atomic E-state index is -0.853. The third-order valence-corrected chi connectivity index (χ3v) is 5.45. The predicted molar refractivity (Wildman–Crippen MR) is 101 cm³/mol. The van der Waals surface area contributed by atoms with Gasteiger partial charge in [-0.3, -0.25) is 0 Å². The fourth-order valence-electron chi connectivity index (χ4n) is 4.14. The summed E-state index contributed by atoms with van der Waals surface area (Å²) in [5.41, 5.74) is 8.22. The van der Waals surface area contributed by atoms with Gasteiger partial charge >= 0.3 is 5.97 Å². The van der Waals surface area contributed by atoms with Crippen LogP contribution in [-0.2, 0) is 19.4 Å². The molecule has 0 saturated heterocycles. The number of hydrogen-bond donors (Lipinski definition) is 1. The lowest BCUT2D eigenvalue weighted by atomic mass is 9.95. The number of benzene rings is 2. The van der Waals surface area contributed by atoms with Gasteiger partial charge < -0.3 is 9.67 Å². The summed E-state index contributed by atoms with van der Waals surface area (Å²) in [4.78, 5) is 11.4. The van der Waals surface area contributed by atoms with Crippen LogP contribution < -0.4 is 0 Å². The van der Waals surface area contributed by atoms with Gasteiger partial charge in [0.05, 0.1) is 5.56 Å². The zero-order valence-electron chi connectivity index (χ0n) is 14.8. The molecule has 0 unspecified atom stereocenters. The first-order chi connectivity index (χ1) is 12.0. The molecular formula is C22H23NO2. The quantitative estimate of drug-likeness (QED) is 0.742. The van der Waals surface area contributed by atoms with Gasteiger partial charge in [-0.05, 0) is 74.4 Å². The van der Waals surface area contributed by atoms with E-state index < -0.39 is 5.97 Å². The van der Waals surface area contributed by atoms with Crippen LogP contribution in [0.5, 0.6) is 0 Å². The zero-order chi connectivity index (χ0) is 17.6. The Morgan fingerprint density at radius 1 is 1.08 bits per heavy atom. The van der Waals surface area contributed by atoms with E-state index in [0.29, 0.717) is 5.56 Å². The van der Waals surface area contributed by atoms with Crippen molar-refractivity contribution in [1.29, 1.82) is 0 Å². The lowest BCUT2D eigenvalue weighted by Crippen LogP contribution is -2.10. The summed E-state index contributed by atoms with van der Waals surface area (Å²) in [7, 11) is 0. The van der Waals surface area contributed by atoms with Crippen LogP contribution >= 0.6 is 0 Å². The molecule has 128 valence electrons. The van der Waals surface area contributed by atoms with E-state index in [4.69, 9.17) is 0 Å². The molecule has 25 heavy (non-hydrogen) atoms. The van der Waals surface area contributed by atoms with Crippen LogP contribution in [0, 0.1) is 13.8 Å². The van der Waals surface area contributed by atoms with Crippen molar-refractivity contribution in [2.45, 2.75) is 46.1 Å². The number of carboxylic acids is 1. The van der Waals surface area contributed by atoms with E-state index in [-0.39, 0.29) is 0 Å². The number of hydrogen-bond acceptors (Lipinski definition) is 1. The Morgan fingerprint density at radius 3 is 2.64 bits per heavy atom. The lowest BCUT2D eigenvalue weighted by molar-refractivity contribution is 0.0697. The second kappa shape index (κ2) is 6.07. The normalized spacial score (nSPS) is 13.8. The smallest absolute Gasteiger partial charge is 0.335 e. The Hall–Kier alpha value is -2.55. The predicted octanol–water partition coefficient (Wildman–Crippen LogP) is 4.88. The molecule has 1 N–H and O–H groups in total. The lowest BCUT2D eigenvalue weighted by Gasteiger charge is -2.17. The van der Waals surface area contributed by atoms with Crippen LogP contribution in [0.1, 0.15) is 51.1 Å². The molecule has 1 heterocycles. The number of carbonyl (C=O) groups is 1. The molecule has 0 spiro atoms. The molecule has 1 aliphatic carbocycles. The molecule has 0 amide bonds. The molecule has 0 bridgehead atoms. The number of rotatable bonds is 3. The minimum absolute atomic E-state index is 0.379. The SMILES string of the molecule is Cc1ccc(Cn2c3c(c4cc(C(=O)O)ccc42)CCCC3)c(C)c1. The summed E-state index contributed by atoms with van der Waals surface area (Å²) in [5.74, 6) is -0.853. The van der Waals surface area contributed by atoms with Crippen molar-refractivity contribution >= 4 is 16.9 Å². The van der Waals surface area contributed by atoms with Crippen molar-refractivity contribution in [2.75, 3.05) is 0 Å². The number of carboxylic acid groups (broad SMARTS) is 1. The maximum absolute atomic E-state index is 11.4. The monoisotopic (exact) mass is 333 g/mol. The molecule has 0 radical (unpaired) electrons. The van der Waals surface area contributed by atoms with Gasteiger partial charge in [0.25, 0.3) is 0 Å². The van der Waals surface area contributed by atoms with E-state index in [9.17, 15) is 9.90 Å². The maximum atomic E-state index is 11.4. The first-order valence-corrected chi connectivity index (χ1v) is 8.98. The molecule has 3 aromatic rings. The van der Waals surface area contributed by atoms with E-state index in [1.165, 1.54) is 40.8 Å². The summed E-state index contributed by atoms with van der Waals surface area (Å²) < 4.78 is 2.41. The van der Waals surface area contributed by atoms with Crippen LogP contribution in [0.3, 0.4) is 0 Å². The molecule has 3 heteroatoms. The van der Waals surface area contributed by atoms with Crippen molar-refractivity contribution in [3.63, 3.8) is 0 Å². The number of nitrogens with zero attached hydrogens (tertiary/aromatic N) is 1. The topological polar surface area (TPSA) is 42.2 Å². The number of aromatic carboxylic acids is 1. The highest BCUT2D eigenvalue weighted by molar-refractivity contribution is 5.95. The molecular weight excluding hydrogens is 310 g/mol. The fraction of sp³-hybridized carbons (Fsp3) is 0.318. The Balaban J connectivity index is 1.89. The van der Waals surface area contributed by atoms with Gasteiger partial charge in [0.1, 0.15) is 0 Å². The third kappa shape index (κ3) is 2.74. The van der Waals surface area contributed by atoms with Crippen molar-refractivity contribution in [3.05, 3.63) is 69.9 Å². The molecule has 4 rings (SSSR count). The standard InChI is InChI=1S/C22H23NO2/c1-14-7-8-17(15(2)11-14)13-23-20-6-4-3-5-18(20)19-12-16(22(24)25)9-10-21(19)23/h7-12H,3-6,13H2,1-2H3,(H,24,25). The van der Waals surface area contributed by atoms with E-state index in [0.717, 1.165) is 30.3 Å². The molecule has 0 fully saturated rings. The Kier molecular flexibility index (Phi) is 3.87. The van der Waals surface area contributed by atoms with Crippen LogP contribution in [-0.4, -0.2) is 15.6 Å². The molecule has 3 nitrogen and oxygen atoms in total. The minimum Gasteiger partial charge on any atom is -0.478 e. The Bertz CT molecular complexity index is 981. The van der Waals surface area contributed by atoms with E-state index in [1.807, 2.05) is 12.1 Å². The van der Waals surface area contributed by atoms with Gasteiger partial charge in [-0.15, -0.1) is 0 Å². The average molecular weight is 333 g/mol. The number of fused-ring (bicyclic) bond motifs is 3. The van der Waals surface area contributed by atoms with Crippen molar-refractivity contribution in [2.24, 2.45) is 0 Å². The molecule has 0 aliphatic heterocycles. The van der Waals surface area contributed by atoms with Gasteiger partial charge in [-0.25, -0.2) is 4.79 Å². The fourth-order valence-corrected chi connectivity index (χ4v) is 4.14. The van der Waals surface area contributed by atoms with Crippen LogP contribution in [0.15, 0.2) is 36.4 Å². The first kappa shape index (κ1) is 15.9. The highest BCUT2D eigenvalue weighted by atomic mass is 16.4. The summed E-state index contributed by atoms with van der Waals surface area (Å²) in [6, 6.07) is 12.2. The van der Waals surface area contributed by atoms with Gasteiger partial charge in [0.2, 0.25) is 0 Å². The second-order valence-corrected chi connectivity index (χ2v) is 7.19. The summed E-state index contributed by atoms with van der Waals surface area (Å²) in [5, 5.41) is 10.5. The molecule has 0 atom stereocenters. The van der Waals surface area contributed by atoms with E-state index in [1.54, 1.807) is 6.07 Å². The Morgan fingerprint density at radius 2 is 1.88 bits per heavy atom. The van der Waals surface area contributed by atoms with Gasteiger partial charge in [0, 0.05) is 23.1 Å². The molecule has 1 aromatic heterocycles. The third-order valence-electron chi connectivity index (χ3n) is 5.45. The maximum Gasteiger partial charge on any atom is 0.335 e. The molecule has 2 aromatic carbocycles. The first-order valence-electron chi connectivity index (χ1n) is 8.98. The average Bonchev–Trinajstić information content (AvgIpc) is 2.91. The van der Waals surface area contributed by atoms with Crippen LogP contribution in [0.4, 0.5) is 0 Å². The number of aromatic nitrogens is 1. The Labute approximate surface area is 147 Å². The second-order valence-electron chi connectivity index (χ2n) is 7.19. The van der Waals surface area contributed by atoms with Gasteiger partial charge in [-0.1, -0.05) is 23.8 Å². The van der Waals surface area contributed by atoms with Crippen molar-refractivity contribution in [3.8, 4) is 0 Å². The van der Waals surface area contributed by atoms with Gasteiger partial charge in [-0.2, -0.15) is 0 Å². The van der Waals surface area contributed by atoms with E-state index in [2.05, 4.69) is 36.6 Å². The molecule has 1 aliphatic rings. The highest BCUT2D eigenvalue weighted by Gasteiger charge is 2.21. The van der Waals surface area contributed by atoms with Crippen LogP contribution in [0.2, 0.25) is 0 Å². The number of aryl methyl sites for hydroxylation is 3. The van der Waals surface area contributed by atoms with E-state index >= 15 is 0 Å². The highest BCUT2D eigenvalue weighted by Crippen LogP contribution is 2.33. The zero-order valence-corrected chi connectivity index (χ0v) is 14.8. The van der Waals surface area contributed by atoms with Crippen molar-refractivity contribution in [1.82, 2.24) is 4.57 Å². The summed E-state index contributed by atoms with van der Waals surface area (Å²) >= 11 is 0. The summed E-state index contributed by atoms with van der Waals surface area (Å²) in [6.45, 7) is 5.14. The van der Waals surface area contributed by atoms with Gasteiger partial charge in [0.15, 0.2) is 0 Å².